The van der Waals surface area contributed by atoms with Crippen molar-refractivity contribution in [1.29, 1.82) is 0 Å². The highest BCUT2D eigenvalue weighted by Gasteiger charge is 2.54. The molecule has 1 spiro atoms. The van der Waals surface area contributed by atoms with Gasteiger partial charge in [0.25, 0.3) is 5.91 Å². The van der Waals surface area contributed by atoms with Crippen LogP contribution in [-0.2, 0) is 23.1 Å². The second-order valence-electron chi connectivity index (χ2n) is 18.8. The molecular formula is C52H59ClN6O5. The second-order valence-corrected chi connectivity index (χ2v) is 19.2. The quantitative estimate of drug-likeness (QED) is 0.125. The lowest BCUT2D eigenvalue weighted by Gasteiger charge is -2.47. The van der Waals surface area contributed by atoms with E-state index in [1.165, 1.54) is 16.7 Å². The number of benzene rings is 3. The van der Waals surface area contributed by atoms with Crippen molar-refractivity contribution < 1.29 is 24.2 Å². The topological polar surface area (TPSA) is 130 Å². The molecule has 3 aliphatic carbocycles. The van der Waals surface area contributed by atoms with E-state index in [9.17, 15) is 14.7 Å². The molecule has 4 atom stereocenters. The van der Waals surface area contributed by atoms with Gasteiger partial charge in [-0.3, -0.25) is 9.78 Å². The fourth-order valence-corrected chi connectivity index (χ4v) is 11.5. The van der Waals surface area contributed by atoms with E-state index in [1.54, 1.807) is 25.4 Å². The van der Waals surface area contributed by atoms with Crippen molar-refractivity contribution in [1.82, 2.24) is 19.9 Å². The number of pyridine rings is 1. The number of nitrogens with zero attached hydrogens (tertiary/aromatic N) is 5. The van der Waals surface area contributed by atoms with E-state index >= 15 is 0 Å². The Hall–Kier alpha value is -5.68. The molecule has 3 heterocycles. The van der Waals surface area contributed by atoms with E-state index in [0.29, 0.717) is 85.7 Å². The zero-order valence-electron chi connectivity index (χ0n) is 37.4. The summed E-state index contributed by atoms with van der Waals surface area (Å²) in [4.78, 5) is 46.2. The predicted octanol–water partition coefficient (Wildman–Crippen LogP) is 10.0. The van der Waals surface area contributed by atoms with Gasteiger partial charge < -0.3 is 29.7 Å². The molecule has 64 heavy (non-hydrogen) atoms. The molecule has 0 radical (unpaired) electrons. The Kier molecular flexibility index (Phi) is 12.3. The molecule has 2 aromatic heterocycles. The Morgan fingerprint density at radius 1 is 0.953 bits per heavy atom. The van der Waals surface area contributed by atoms with Crippen LogP contribution in [0.5, 0.6) is 11.5 Å². The molecular weight excluding hydrogens is 824 g/mol. The van der Waals surface area contributed by atoms with Gasteiger partial charge in [0.05, 0.1) is 19.3 Å². The summed E-state index contributed by atoms with van der Waals surface area (Å²) in [5.74, 6) is 3.16. The smallest absolute Gasteiger partial charge is 0.329 e. The average molecular weight is 884 g/mol. The molecule has 1 saturated heterocycles. The molecule has 1 amide bonds. The van der Waals surface area contributed by atoms with Gasteiger partial charge in [0.1, 0.15) is 22.9 Å². The molecule has 5 aromatic rings. The SMILES string of the molecule is COc1ccccc1-c1nccc(N2CCN(C(=O)c3ccc4c(c3)C3(CCC(Nc5cccc(Cl)c5)(C(=O)O)CC3)[C@@H](C[C@@H](C)COc3ccnc5c3[C@H](C)CCC5)C4)[C@@H](C)C2)n1. The Labute approximate surface area is 381 Å². The highest BCUT2D eigenvalue weighted by molar-refractivity contribution is 6.30. The molecule has 0 unspecified atom stereocenters. The third-order valence-corrected chi connectivity index (χ3v) is 15.0. The molecule has 12 heteroatoms. The Morgan fingerprint density at radius 3 is 2.55 bits per heavy atom. The summed E-state index contributed by atoms with van der Waals surface area (Å²) in [6.07, 6.45) is 11.0. The Bertz CT molecular complexity index is 2520. The minimum atomic E-state index is -1.14. The maximum Gasteiger partial charge on any atom is 0.329 e. The highest BCUT2D eigenvalue weighted by atomic mass is 35.5. The largest absolute Gasteiger partial charge is 0.496 e. The summed E-state index contributed by atoms with van der Waals surface area (Å²) in [6.45, 7) is 9.04. The molecule has 1 aliphatic heterocycles. The van der Waals surface area contributed by atoms with Crippen molar-refractivity contribution in [3.63, 3.8) is 0 Å². The van der Waals surface area contributed by atoms with Crippen molar-refractivity contribution in [3.8, 4) is 22.9 Å². The first-order valence-electron chi connectivity index (χ1n) is 23.0. The van der Waals surface area contributed by atoms with E-state index in [0.717, 1.165) is 54.9 Å². The van der Waals surface area contributed by atoms with Gasteiger partial charge in [0, 0.05) is 65.6 Å². The number of carbonyl (C=O) groups excluding carboxylic acids is 1. The van der Waals surface area contributed by atoms with E-state index in [2.05, 4.69) is 48.1 Å². The first-order valence-corrected chi connectivity index (χ1v) is 23.4. The van der Waals surface area contributed by atoms with Crippen LogP contribution in [-0.4, -0.2) is 81.8 Å². The van der Waals surface area contributed by atoms with Crippen molar-refractivity contribution in [2.45, 2.75) is 101 Å². The van der Waals surface area contributed by atoms with Crippen LogP contribution in [0.1, 0.15) is 104 Å². The highest BCUT2D eigenvalue weighted by Crippen LogP contribution is 2.56. The number of hydrogen-bond acceptors (Lipinski definition) is 9. The van der Waals surface area contributed by atoms with Gasteiger partial charge >= 0.3 is 5.97 Å². The Morgan fingerprint density at radius 2 is 1.77 bits per heavy atom. The molecule has 2 fully saturated rings. The zero-order valence-corrected chi connectivity index (χ0v) is 38.1. The van der Waals surface area contributed by atoms with Gasteiger partial charge in [0.2, 0.25) is 0 Å². The molecule has 11 nitrogen and oxygen atoms in total. The fourth-order valence-electron chi connectivity index (χ4n) is 11.3. The number of aryl methyl sites for hydroxylation is 1. The standard InChI is InChI=1S/C52H59ClN6O5/c1-33(32-64-45-17-23-54-43-13-7-9-34(2)47(43)45)27-38-28-36-15-16-37(29-42(36)51(38)19-21-52(22-20-51,50(61)62)57-40-11-8-10-39(53)30-40)49(60)59-26-25-58(31-35(59)3)46-18-24-55-48(56-46)41-12-5-6-14-44(41)63-4/h5-6,8,10-12,14-18,23-24,29-30,33-35,38,57H,7,9,13,19-22,25-28,31-32H2,1-4H3,(H,61,62)/t33-,34-,35+,38+,51?,52?/m1/s1. The number of carboxylic acid groups (broad SMARTS) is 1. The zero-order chi connectivity index (χ0) is 44.6. The van der Waals surface area contributed by atoms with E-state index in [4.69, 9.17) is 31.0 Å². The first kappa shape index (κ1) is 43.6. The first-order chi connectivity index (χ1) is 31.0. The number of aromatic nitrogens is 3. The lowest BCUT2D eigenvalue weighted by atomic mass is 9.59. The summed E-state index contributed by atoms with van der Waals surface area (Å²) >= 11 is 6.35. The minimum absolute atomic E-state index is 0.0148. The van der Waals surface area contributed by atoms with E-state index < -0.39 is 11.5 Å². The number of aliphatic carboxylic acids is 1. The van der Waals surface area contributed by atoms with Gasteiger partial charge in [-0.15, -0.1) is 0 Å². The fraction of sp³-hybridized carbons (Fsp3) is 0.442. The number of ether oxygens (including phenoxy) is 2. The predicted molar refractivity (Wildman–Crippen MR) is 251 cm³/mol. The van der Waals surface area contributed by atoms with Crippen LogP contribution in [0.2, 0.25) is 5.02 Å². The lowest BCUT2D eigenvalue weighted by Crippen LogP contribution is -2.54. The third kappa shape index (κ3) is 8.39. The number of methoxy groups -OCH3 is 1. The number of hydrogen-bond donors (Lipinski definition) is 2. The summed E-state index contributed by atoms with van der Waals surface area (Å²) in [5.41, 5.74) is 5.65. The summed E-state index contributed by atoms with van der Waals surface area (Å²) in [6, 6.07) is 25.2. The van der Waals surface area contributed by atoms with Crippen LogP contribution in [0.25, 0.3) is 11.4 Å². The van der Waals surface area contributed by atoms with Crippen LogP contribution in [0.15, 0.2) is 91.3 Å². The van der Waals surface area contributed by atoms with Gasteiger partial charge in [-0.2, -0.15) is 0 Å². The van der Waals surface area contributed by atoms with Crippen LogP contribution >= 0.6 is 11.6 Å². The number of piperazine rings is 1. The number of halogens is 1. The van der Waals surface area contributed by atoms with Gasteiger partial charge in [-0.05, 0) is 154 Å². The van der Waals surface area contributed by atoms with Crippen molar-refractivity contribution in [2.75, 3.05) is 43.6 Å². The third-order valence-electron chi connectivity index (χ3n) is 14.7. The van der Waals surface area contributed by atoms with Crippen LogP contribution in [0, 0.1) is 11.8 Å². The maximum atomic E-state index is 14.6. The maximum absolute atomic E-state index is 14.6. The minimum Gasteiger partial charge on any atom is -0.496 e. The number of amides is 1. The number of carbonyl (C=O) groups is 2. The molecule has 2 N–H and O–H groups in total. The molecule has 3 aromatic carbocycles. The van der Waals surface area contributed by atoms with Crippen LogP contribution in [0.3, 0.4) is 0 Å². The van der Waals surface area contributed by atoms with Gasteiger partial charge in [-0.25, -0.2) is 14.8 Å². The van der Waals surface area contributed by atoms with Crippen LogP contribution in [0.4, 0.5) is 11.5 Å². The Balaban J connectivity index is 0.953. The number of para-hydroxylation sites is 1. The van der Waals surface area contributed by atoms with Crippen molar-refractivity contribution >= 4 is 35.0 Å². The summed E-state index contributed by atoms with van der Waals surface area (Å²) in [5, 5.41) is 14.8. The number of carboxylic acids is 1. The van der Waals surface area contributed by atoms with Gasteiger partial charge in [0.15, 0.2) is 5.82 Å². The number of rotatable bonds is 12. The monoisotopic (exact) mass is 882 g/mol. The second kappa shape index (κ2) is 18.1. The van der Waals surface area contributed by atoms with Gasteiger partial charge in [-0.1, -0.05) is 49.7 Å². The molecule has 9 rings (SSSR count). The van der Waals surface area contributed by atoms with Crippen molar-refractivity contribution in [3.05, 3.63) is 124 Å². The van der Waals surface area contributed by atoms with Crippen LogP contribution < -0.4 is 19.7 Å². The average Bonchev–Trinajstić information content (AvgIpc) is 3.59. The lowest BCUT2D eigenvalue weighted by molar-refractivity contribution is -0.144. The summed E-state index contributed by atoms with van der Waals surface area (Å²) < 4.78 is 12.2. The molecule has 4 aliphatic rings. The van der Waals surface area contributed by atoms with E-state index in [-0.39, 0.29) is 29.2 Å². The molecule has 1 saturated carbocycles. The normalized spacial score (nSPS) is 24.4. The number of anilines is 2. The van der Waals surface area contributed by atoms with E-state index in [1.807, 2.05) is 65.7 Å². The number of nitrogens with one attached hydrogen (secondary N) is 1. The molecule has 0 bridgehead atoms. The molecule has 334 valence electrons. The van der Waals surface area contributed by atoms with Crippen molar-refractivity contribution in [2.24, 2.45) is 11.8 Å². The number of fused-ring (bicyclic) bond motifs is 3. The summed E-state index contributed by atoms with van der Waals surface area (Å²) in [7, 11) is 1.65.